The van der Waals surface area contributed by atoms with E-state index in [2.05, 4.69) is 13.8 Å². The van der Waals surface area contributed by atoms with Crippen LogP contribution in [0.25, 0.3) is 0 Å². The molecule has 0 aromatic heterocycles. The maximum absolute atomic E-state index is 12.5. The zero-order valence-corrected chi connectivity index (χ0v) is 12.6. The minimum Gasteiger partial charge on any atom is -0.384 e. The number of hydrogen-bond donors (Lipinski definition) is 1. The molecule has 0 spiro atoms. The van der Waals surface area contributed by atoms with Crippen molar-refractivity contribution in [1.82, 2.24) is 4.90 Å². The van der Waals surface area contributed by atoms with Gasteiger partial charge in [0.25, 0.3) is 0 Å². The van der Waals surface area contributed by atoms with E-state index in [1.807, 2.05) is 4.90 Å². The molecule has 1 unspecified atom stereocenters. The van der Waals surface area contributed by atoms with Gasteiger partial charge in [0.05, 0.1) is 12.0 Å². The van der Waals surface area contributed by atoms with Gasteiger partial charge in [0.15, 0.2) is 0 Å². The summed E-state index contributed by atoms with van der Waals surface area (Å²) in [4.78, 5) is 14.5. The van der Waals surface area contributed by atoms with Crippen molar-refractivity contribution in [3.05, 3.63) is 0 Å². The van der Waals surface area contributed by atoms with Crippen LogP contribution in [0.4, 0.5) is 0 Å². The summed E-state index contributed by atoms with van der Waals surface area (Å²) < 4.78 is 5.16. The molecular weight excluding hydrogens is 252 g/mol. The highest BCUT2D eigenvalue weighted by molar-refractivity contribution is 5.85. The lowest BCUT2D eigenvalue weighted by atomic mass is 9.81. The molecule has 1 saturated heterocycles. The van der Waals surface area contributed by atoms with Crippen molar-refractivity contribution in [3.63, 3.8) is 0 Å². The number of rotatable bonds is 6. The van der Waals surface area contributed by atoms with Gasteiger partial charge < -0.3 is 15.4 Å². The fourth-order valence-corrected chi connectivity index (χ4v) is 2.65. The third-order valence-corrected chi connectivity index (χ3v) is 4.17. The van der Waals surface area contributed by atoms with E-state index in [4.69, 9.17) is 10.5 Å². The van der Waals surface area contributed by atoms with Crippen LogP contribution in [0.1, 0.15) is 33.1 Å². The highest BCUT2D eigenvalue weighted by atomic mass is 35.5. The highest BCUT2D eigenvalue weighted by Crippen LogP contribution is 2.30. The van der Waals surface area contributed by atoms with Crippen molar-refractivity contribution in [2.75, 3.05) is 33.4 Å². The lowest BCUT2D eigenvalue weighted by Crippen LogP contribution is -2.46. The van der Waals surface area contributed by atoms with E-state index in [-0.39, 0.29) is 23.7 Å². The molecule has 0 aliphatic carbocycles. The fraction of sp³-hybridized carbons (Fsp3) is 0.923. The summed E-state index contributed by atoms with van der Waals surface area (Å²) in [5.74, 6) is 0.733. The van der Waals surface area contributed by atoms with Gasteiger partial charge in [0.1, 0.15) is 0 Å². The maximum atomic E-state index is 12.5. The van der Waals surface area contributed by atoms with E-state index >= 15 is 0 Å². The smallest absolute Gasteiger partial charge is 0.230 e. The van der Waals surface area contributed by atoms with Gasteiger partial charge in [-0.2, -0.15) is 0 Å². The fourth-order valence-electron chi connectivity index (χ4n) is 2.65. The Labute approximate surface area is 117 Å². The summed E-state index contributed by atoms with van der Waals surface area (Å²) in [6, 6.07) is 0. The molecule has 0 aromatic rings. The van der Waals surface area contributed by atoms with Gasteiger partial charge in [-0.15, -0.1) is 12.4 Å². The van der Waals surface area contributed by atoms with Crippen molar-refractivity contribution in [3.8, 4) is 0 Å². The van der Waals surface area contributed by atoms with Crippen LogP contribution >= 0.6 is 12.4 Å². The van der Waals surface area contributed by atoms with Crippen LogP contribution in [0, 0.1) is 11.3 Å². The number of ether oxygens (including phenoxy) is 1. The van der Waals surface area contributed by atoms with Gasteiger partial charge in [-0.05, 0) is 19.3 Å². The number of carbonyl (C=O) groups is 1. The molecule has 2 N–H and O–H groups in total. The number of hydrogen-bond acceptors (Lipinski definition) is 3. The summed E-state index contributed by atoms with van der Waals surface area (Å²) >= 11 is 0. The molecule has 1 amide bonds. The number of nitrogens with zero attached hydrogens (tertiary/aromatic N) is 1. The van der Waals surface area contributed by atoms with Crippen LogP contribution in [0.2, 0.25) is 0 Å². The summed E-state index contributed by atoms with van der Waals surface area (Å²) in [6.07, 6.45) is 2.70. The minimum absolute atomic E-state index is 0. The van der Waals surface area contributed by atoms with Gasteiger partial charge in [0.2, 0.25) is 5.91 Å². The Bertz CT molecular complexity index is 249. The molecule has 1 atom stereocenters. The third kappa shape index (κ3) is 3.59. The Morgan fingerprint density at radius 2 is 2.06 bits per heavy atom. The maximum Gasteiger partial charge on any atom is 0.230 e. The average Bonchev–Trinajstić information content (AvgIpc) is 2.81. The molecule has 1 aliphatic rings. The second kappa shape index (κ2) is 7.97. The average molecular weight is 279 g/mol. The molecule has 1 heterocycles. The van der Waals surface area contributed by atoms with Gasteiger partial charge >= 0.3 is 0 Å². The number of amides is 1. The molecule has 1 rings (SSSR count). The van der Waals surface area contributed by atoms with Crippen LogP contribution in [0.15, 0.2) is 0 Å². The van der Waals surface area contributed by atoms with E-state index in [9.17, 15) is 4.79 Å². The predicted octanol–water partition coefficient (Wildman–Crippen LogP) is 1.67. The molecule has 108 valence electrons. The SMILES string of the molecule is CCC(CC)(CN)C(=O)N1CCC(COC)C1.Cl. The van der Waals surface area contributed by atoms with E-state index in [0.717, 1.165) is 39.0 Å². The molecule has 1 fully saturated rings. The molecule has 0 saturated carbocycles. The van der Waals surface area contributed by atoms with Crippen LogP contribution < -0.4 is 5.73 Å². The van der Waals surface area contributed by atoms with Crippen molar-refractivity contribution >= 4 is 18.3 Å². The lowest BCUT2D eigenvalue weighted by Gasteiger charge is -2.33. The first-order valence-corrected chi connectivity index (χ1v) is 6.61. The molecule has 1 aliphatic heterocycles. The number of likely N-dealkylation sites (tertiary alicyclic amines) is 1. The zero-order chi connectivity index (χ0) is 12.9. The van der Waals surface area contributed by atoms with E-state index in [0.29, 0.717) is 12.5 Å². The Hall–Kier alpha value is -0.320. The normalized spacial score (nSPS) is 19.8. The number of methoxy groups -OCH3 is 1. The summed E-state index contributed by atoms with van der Waals surface area (Å²) in [7, 11) is 1.72. The predicted molar refractivity (Wildman–Crippen MR) is 75.9 cm³/mol. The summed E-state index contributed by atoms with van der Waals surface area (Å²) in [6.45, 7) is 6.99. The standard InChI is InChI=1S/C13H26N2O2.ClH/c1-4-13(5-2,10-14)12(16)15-7-6-11(8-15)9-17-3;/h11H,4-10,14H2,1-3H3;1H. The molecule has 0 bridgehead atoms. The topological polar surface area (TPSA) is 55.6 Å². The van der Waals surface area contributed by atoms with Gasteiger partial charge in [-0.1, -0.05) is 13.8 Å². The molecule has 18 heavy (non-hydrogen) atoms. The summed E-state index contributed by atoms with van der Waals surface area (Å²) in [5, 5.41) is 0. The Kier molecular flexibility index (Phi) is 7.83. The zero-order valence-electron chi connectivity index (χ0n) is 11.8. The van der Waals surface area contributed by atoms with Gasteiger partial charge in [-0.25, -0.2) is 0 Å². The monoisotopic (exact) mass is 278 g/mol. The molecule has 4 nitrogen and oxygen atoms in total. The van der Waals surface area contributed by atoms with E-state index in [1.165, 1.54) is 0 Å². The first-order valence-electron chi connectivity index (χ1n) is 6.61. The molecule has 0 radical (unpaired) electrons. The summed E-state index contributed by atoms with van der Waals surface area (Å²) in [5.41, 5.74) is 5.47. The van der Waals surface area contributed by atoms with E-state index in [1.54, 1.807) is 7.11 Å². The van der Waals surface area contributed by atoms with E-state index < -0.39 is 0 Å². The first-order chi connectivity index (χ1) is 8.13. The van der Waals surface area contributed by atoms with Crippen LogP contribution in [0.5, 0.6) is 0 Å². The van der Waals surface area contributed by atoms with Gasteiger partial charge in [0, 0.05) is 32.7 Å². The van der Waals surface area contributed by atoms with Crippen LogP contribution in [-0.2, 0) is 9.53 Å². The molecular formula is C13H27ClN2O2. The van der Waals surface area contributed by atoms with Crippen molar-refractivity contribution in [2.24, 2.45) is 17.1 Å². The largest absolute Gasteiger partial charge is 0.384 e. The van der Waals surface area contributed by atoms with Crippen LogP contribution in [0.3, 0.4) is 0 Å². The molecule has 5 heteroatoms. The number of carbonyl (C=O) groups excluding carboxylic acids is 1. The third-order valence-electron chi connectivity index (χ3n) is 4.17. The minimum atomic E-state index is -0.345. The Morgan fingerprint density at radius 3 is 2.50 bits per heavy atom. The first kappa shape index (κ1) is 17.7. The van der Waals surface area contributed by atoms with Crippen molar-refractivity contribution < 1.29 is 9.53 Å². The second-order valence-electron chi connectivity index (χ2n) is 5.05. The van der Waals surface area contributed by atoms with Crippen molar-refractivity contribution in [2.45, 2.75) is 33.1 Å². The lowest BCUT2D eigenvalue weighted by molar-refractivity contribution is -0.141. The van der Waals surface area contributed by atoms with Crippen molar-refractivity contribution in [1.29, 1.82) is 0 Å². The Morgan fingerprint density at radius 1 is 1.44 bits per heavy atom. The second-order valence-corrected chi connectivity index (χ2v) is 5.05. The quantitative estimate of drug-likeness (QED) is 0.804. The Balaban J connectivity index is 0.00000289. The molecule has 0 aromatic carbocycles. The number of halogens is 1. The highest BCUT2D eigenvalue weighted by Gasteiger charge is 2.39. The van der Waals surface area contributed by atoms with Crippen LogP contribution in [-0.4, -0.2) is 44.2 Å². The van der Waals surface area contributed by atoms with Gasteiger partial charge in [-0.3, -0.25) is 4.79 Å². The number of nitrogens with two attached hydrogens (primary N) is 1.